The number of ether oxygens (including phenoxy) is 7. The number of fused-ring (bicyclic) bond motifs is 10. The van der Waals surface area contributed by atoms with Gasteiger partial charge in [0.15, 0.2) is 18.9 Å². The Morgan fingerprint density at radius 1 is 0.646 bits per heavy atom. The molecule has 0 amide bonds. The second-order valence-electron chi connectivity index (χ2n) is 23.7. The van der Waals surface area contributed by atoms with E-state index in [1.807, 2.05) is 0 Å². The highest BCUT2D eigenvalue weighted by Gasteiger charge is 2.71. The van der Waals surface area contributed by atoms with Gasteiger partial charge in [0, 0.05) is 0 Å². The van der Waals surface area contributed by atoms with Crippen LogP contribution in [0.15, 0.2) is 12.2 Å². The van der Waals surface area contributed by atoms with Gasteiger partial charge in [-0.15, -0.1) is 0 Å². The third kappa shape index (κ3) is 7.42. The molecule has 8 fully saturated rings. The summed E-state index contributed by atoms with van der Waals surface area (Å²) in [5.74, 6) is 1.67. The number of rotatable bonds is 8. The van der Waals surface area contributed by atoms with E-state index >= 15 is 0 Å². The van der Waals surface area contributed by atoms with E-state index in [0.717, 1.165) is 38.7 Å². The molecule has 0 aromatic carbocycles. The molecular weight excluding hydrogens is 849 g/mol. The molecule has 4 saturated heterocycles. The van der Waals surface area contributed by atoms with Crippen LogP contribution < -0.4 is 0 Å². The lowest BCUT2D eigenvalue weighted by atomic mass is 9.33. The van der Waals surface area contributed by atoms with Crippen LogP contribution in [-0.2, 0) is 33.2 Å². The van der Waals surface area contributed by atoms with E-state index in [0.29, 0.717) is 18.3 Å². The largest absolute Gasteiger partial charge is 0.394 e. The van der Waals surface area contributed by atoms with Gasteiger partial charge in [-0.2, -0.15) is 0 Å². The first-order valence-electron chi connectivity index (χ1n) is 24.3. The van der Waals surface area contributed by atoms with Gasteiger partial charge in [0.25, 0.3) is 0 Å². The summed E-state index contributed by atoms with van der Waals surface area (Å²) in [7, 11) is 0. The molecule has 0 spiro atoms. The second kappa shape index (κ2) is 17.1. The Bertz CT molecular complexity index is 1750. The van der Waals surface area contributed by atoms with Crippen molar-refractivity contribution in [2.75, 3.05) is 19.8 Å². The number of aliphatic hydroxyl groups is 10. The third-order valence-electron chi connectivity index (χ3n) is 19.9. The summed E-state index contributed by atoms with van der Waals surface area (Å²) < 4.78 is 42.9. The summed E-state index contributed by atoms with van der Waals surface area (Å²) in [6.07, 6.45) is -13.5. The molecule has 10 N–H and O–H groups in total. The van der Waals surface area contributed by atoms with Gasteiger partial charge in [-0.05, 0) is 108 Å². The Morgan fingerprint density at radius 3 is 2.00 bits per heavy atom. The van der Waals surface area contributed by atoms with Crippen molar-refractivity contribution in [1.82, 2.24) is 0 Å². The molecule has 9 aliphatic rings. The first-order valence-corrected chi connectivity index (χ1v) is 24.3. The van der Waals surface area contributed by atoms with Crippen molar-refractivity contribution in [3.63, 3.8) is 0 Å². The maximum absolute atomic E-state index is 12.0. The molecule has 17 nitrogen and oxygen atoms in total. The second-order valence-corrected chi connectivity index (χ2v) is 23.7. The molecule has 27 unspecified atom stereocenters. The summed E-state index contributed by atoms with van der Waals surface area (Å²) in [5, 5.41) is 108. The van der Waals surface area contributed by atoms with Crippen molar-refractivity contribution in [1.29, 1.82) is 0 Å². The SMILES string of the molecule is CC1OC(OC2C(COC3OC(CO)C(O)C(O)C3O)OC(OC3CCC4(C)C(CCC5(C)C4C=CC4C6C(CC7COC6C7(C)C)C(O)CC45C)C3(C)C)C(O)C2O)C(O)C(O)C1O. The molecule has 372 valence electrons. The van der Waals surface area contributed by atoms with Crippen LogP contribution in [0.3, 0.4) is 0 Å². The third-order valence-corrected chi connectivity index (χ3v) is 19.9. The van der Waals surface area contributed by atoms with Gasteiger partial charge in [0.2, 0.25) is 0 Å². The standard InChI is InChI=1S/C48H78O17/c1-20-31(51)33(53)37(57)42(61-20)65-39-26(19-60-41-36(56)34(54)32(52)25(17-49)62-41)63-43(38(58)35(39)55)64-29-12-13-46(6)27(45(29,4)5)11-14-47(7)28(46)10-9-23-30-22(24(50)16-48(23,47)8)15-21-18-59-40(30)44(21,2)3/h9-10,20-43,49-58H,11-19H2,1-8H3. The van der Waals surface area contributed by atoms with Crippen molar-refractivity contribution < 1.29 is 84.2 Å². The number of allylic oxidation sites excluding steroid dienone is 2. The fourth-order valence-corrected chi connectivity index (χ4v) is 15.7. The fourth-order valence-electron chi connectivity index (χ4n) is 15.7. The van der Waals surface area contributed by atoms with Crippen molar-refractivity contribution in [2.45, 2.75) is 204 Å². The maximum atomic E-state index is 12.0. The molecule has 5 aliphatic carbocycles. The number of hydrogen-bond donors (Lipinski definition) is 10. The van der Waals surface area contributed by atoms with Gasteiger partial charge < -0.3 is 84.2 Å². The molecule has 4 saturated carbocycles. The molecule has 27 atom stereocenters. The fraction of sp³-hybridized carbons (Fsp3) is 0.958. The summed E-state index contributed by atoms with van der Waals surface area (Å²) >= 11 is 0. The Labute approximate surface area is 382 Å². The van der Waals surface area contributed by atoms with E-state index in [1.165, 1.54) is 6.92 Å². The Balaban J connectivity index is 0.947. The van der Waals surface area contributed by atoms with Crippen LogP contribution in [0.2, 0.25) is 0 Å². The van der Waals surface area contributed by atoms with E-state index in [1.54, 1.807) is 0 Å². The van der Waals surface area contributed by atoms with Gasteiger partial charge >= 0.3 is 0 Å². The molecule has 4 heterocycles. The predicted octanol–water partition coefficient (Wildman–Crippen LogP) is 0.341. The molecule has 17 heteroatoms. The zero-order valence-corrected chi connectivity index (χ0v) is 39.2. The molecule has 9 rings (SSSR count). The monoisotopic (exact) mass is 927 g/mol. The Morgan fingerprint density at radius 2 is 1.29 bits per heavy atom. The highest BCUT2D eigenvalue weighted by Crippen LogP contribution is 2.75. The first kappa shape index (κ1) is 49.1. The molecule has 0 radical (unpaired) electrons. The lowest BCUT2D eigenvalue weighted by Crippen LogP contribution is -2.68. The molecule has 0 aromatic rings. The summed E-state index contributed by atoms with van der Waals surface area (Å²) in [6, 6.07) is 0. The van der Waals surface area contributed by atoms with E-state index in [4.69, 9.17) is 33.2 Å². The van der Waals surface area contributed by atoms with Crippen LogP contribution in [0.25, 0.3) is 0 Å². The smallest absolute Gasteiger partial charge is 0.187 e. The van der Waals surface area contributed by atoms with Crippen molar-refractivity contribution in [3.8, 4) is 0 Å². The average Bonchev–Trinajstić information content (AvgIpc) is 3.38. The first-order chi connectivity index (χ1) is 30.4. The zero-order valence-electron chi connectivity index (χ0n) is 39.2. The minimum absolute atomic E-state index is 0.0623. The lowest BCUT2D eigenvalue weighted by molar-refractivity contribution is -0.373. The van der Waals surface area contributed by atoms with Crippen LogP contribution in [0.4, 0.5) is 0 Å². The number of aliphatic hydroxyl groups excluding tert-OH is 10. The van der Waals surface area contributed by atoms with Crippen LogP contribution >= 0.6 is 0 Å². The topological polar surface area (TPSA) is 267 Å². The minimum Gasteiger partial charge on any atom is -0.394 e. The molecular formula is C48H78O17. The molecule has 0 aromatic heterocycles. The normalized spacial score (nSPS) is 58.0. The number of hydrogen-bond acceptors (Lipinski definition) is 17. The predicted molar refractivity (Wildman–Crippen MR) is 228 cm³/mol. The average molecular weight is 927 g/mol. The van der Waals surface area contributed by atoms with Crippen LogP contribution in [0, 0.1) is 62.6 Å². The van der Waals surface area contributed by atoms with Gasteiger partial charge in [0.1, 0.15) is 67.1 Å². The van der Waals surface area contributed by atoms with E-state index in [9.17, 15) is 51.1 Å². The van der Waals surface area contributed by atoms with E-state index in [2.05, 4.69) is 60.6 Å². The van der Waals surface area contributed by atoms with Crippen LogP contribution in [-0.4, -0.2) is 181 Å². The van der Waals surface area contributed by atoms with Gasteiger partial charge in [0.05, 0.1) is 44.2 Å². The summed E-state index contributed by atoms with van der Waals surface area (Å²) in [5.41, 5.74) is -0.763. The summed E-state index contributed by atoms with van der Waals surface area (Å²) in [4.78, 5) is 0. The van der Waals surface area contributed by atoms with Gasteiger partial charge in [-0.25, -0.2) is 0 Å². The Kier molecular flexibility index (Phi) is 12.9. The van der Waals surface area contributed by atoms with E-state index in [-0.39, 0.29) is 57.5 Å². The highest BCUT2D eigenvalue weighted by atomic mass is 16.8. The molecule has 4 aliphatic heterocycles. The van der Waals surface area contributed by atoms with Crippen LogP contribution in [0.5, 0.6) is 0 Å². The summed E-state index contributed by atoms with van der Waals surface area (Å²) in [6.45, 7) is 17.5. The van der Waals surface area contributed by atoms with Crippen LogP contribution in [0.1, 0.15) is 93.9 Å². The van der Waals surface area contributed by atoms with Crippen molar-refractivity contribution in [2.24, 2.45) is 62.6 Å². The lowest BCUT2D eigenvalue weighted by Gasteiger charge is -2.71. The molecule has 65 heavy (non-hydrogen) atoms. The zero-order chi connectivity index (χ0) is 47.1. The van der Waals surface area contributed by atoms with Gasteiger partial charge in [-0.1, -0.05) is 60.6 Å². The van der Waals surface area contributed by atoms with Gasteiger partial charge in [-0.3, -0.25) is 0 Å². The highest BCUT2D eigenvalue weighted by molar-refractivity contribution is 5.27. The quantitative estimate of drug-likeness (QED) is 0.116. The van der Waals surface area contributed by atoms with Crippen molar-refractivity contribution >= 4 is 0 Å². The Hall–Kier alpha value is -0.940. The van der Waals surface area contributed by atoms with Crippen molar-refractivity contribution in [3.05, 3.63) is 12.2 Å². The maximum Gasteiger partial charge on any atom is 0.187 e. The van der Waals surface area contributed by atoms with E-state index < -0.39 is 117 Å². The minimum atomic E-state index is -1.75. The molecule has 2 bridgehead atoms.